The largest absolute Gasteiger partial charge is 0.497 e. The number of carbonyl (C=O) groups excluding carboxylic acids is 1. The van der Waals surface area contributed by atoms with Crippen molar-refractivity contribution in [1.82, 2.24) is 4.90 Å². The Labute approximate surface area is 157 Å². The number of nitrogens with zero attached hydrogens (tertiary/aromatic N) is 1. The molecule has 3 rings (SSSR count). The first-order chi connectivity index (χ1) is 12.6. The van der Waals surface area contributed by atoms with Crippen LogP contribution in [0.4, 0.5) is 0 Å². The summed E-state index contributed by atoms with van der Waals surface area (Å²) in [5, 5.41) is 1.90. The highest BCUT2D eigenvalue weighted by atomic mass is 32.1. The topological polar surface area (TPSA) is 38.8 Å². The van der Waals surface area contributed by atoms with Gasteiger partial charge in [-0.2, -0.15) is 0 Å². The van der Waals surface area contributed by atoms with Crippen molar-refractivity contribution in [3.8, 4) is 21.9 Å². The quantitative estimate of drug-likeness (QED) is 0.634. The fourth-order valence-corrected chi connectivity index (χ4v) is 3.59. The second-order valence-corrected chi connectivity index (χ2v) is 6.86. The Morgan fingerprint density at radius 2 is 1.69 bits per heavy atom. The maximum atomic E-state index is 12.7. The average molecular weight is 367 g/mol. The van der Waals surface area contributed by atoms with Gasteiger partial charge in [0.1, 0.15) is 11.5 Å². The van der Waals surface area contributed by atoms with Crippen LogP contribution in [0.1, 0.15) is 15.9 Å². The monoisotopic (exact) mass is 367 g/mol. The van der Waals surface area contributed by atoms with Crippen LogP contribution in [0.2, 0.25) is 0 Å². The van der Waals surface area contributed by atoms with Crippen LogP contribution in [0.5, 0.6) is 11.5 Å². The molecule has 0 fully saturated rings. The van der Waals surface area contributed by atoms with E-state index in [1.807, 2.05) is 67.0 Å². The molecule has 0 atom stereocenters. The van der Waals surface area contributed by atoms with E-state index in [0.29, 0.717) is 12.1 Å². The Bertz CT molecular complexity index is 904. The normalized spacial score (nSPS) is 10.4. The van der Waals surface area contributed by atoms with E-state index in [9.17, 15) is 4.79 Å². The van der Waals surface area contributed by atoms with E-state index in [1.165, 1.54) is 0 Å². The Morgan fingerprint density at radius 1 is 1.00 bits per heavy atom. The molecule has 0 unspecified atom stereocenters. The molecule has 0 radical (unpaired) electrons. The number of hydrogen-bond donors (Lipinski definition) is 0. The SMILES string of the molecule is COc1cccc(CN(C)C(=O)c2csc(-c3cccc(OC)c3)c2)c1. The number of amides is 1. The minimum Gasteiger partial charge on any atom is -0.497 e. The van der Waals surface area contributed by atoms with Crippen molar-refractivity contribution in [2.24, 2.45) is 0 Å². The molecule has 0 saturated carbocycles. The lowest BCUT2D eigenvalue weighted by Crippen LogP contribution is -2.25. The van der Waals surface area contributed by atoms with Crippen LogP contribution in [0.3, 0.4) is 0 Å². The predicted molar refractivity (Wildman–Crippen MR) is 105 cm³/mol. The molecule has 0 N–H and O–H groups in total. The first-order valence-electron chi connectivity index (χ1n) is 8.22. The molecule has 0 saturated heterocycles. The third kappa shape index (κ3) is 4.06. The Morgan fingerprint density at radius 3 is 2.42 bits per heavy atom. The van der Waals surface area contributed by atoms with Crippen molar-refractivity contribution in [2.75, 3.05) is 21.3 Å². The summed E-state index contributed by atoms with van der Waals surface area (Å²) in [4.78, 5) is 15.5. The van der Waals surface area contributed by atoms with Crippen LogP contribution in [0, 0.1) is 0 Å². The van der Waals surface area contributed by atoms with Gasteiger partial charge in [0.05, 0.1) is 19.8 Å². The Balaban J connectivity index is 1.74. The molecule has 0 aliphatic rings. The van der Waals surface area contributed by atoms with Crippen LogP contribution < -0.4 is 9.47 Å². The highest BCUT2D eigenvalue weighted by molar-refractivity contribution is 7.13. The first-order valence-corrected chi connectivity index (χ1v) is 9.10. The fraction of sp³-hybridized carbons (Fsp3) is 0.190. The van der Waals surface area contributed by atoms with Crippen molar-refractivity contribution in [3.63, 3.8) is 0 Å². The molecule has 0 aliphatic heterocycles. The number of benzene rings is 2. The molecule has 1 aromatic heterocycles. The maximum absolute atomic E-state index is 12.7. The Kier molecular flexibility index (Phi) is 5.58. The van der Waals surface area contributed by atoms with Crippen LogP contribution in [0.15, 0.2) is 60.0 Å². The van der Waals surface area contributed by atoms with E-state index < -0.39 is 0 Å². The van der Waals surface area contributed by atoms with Gasteiger partial charge in [0.25, 0.3) is 5.91 Å². The molecule has 5 heteroatoms. The van der Waals surface area contributed by atoms with Gasteiger partial charge in [0.15, 0.2) is 0 Å². The Hall–Kier alpha value is -2.79. The van der Waals surface area contributed by atoms with Gasteiger partial charge in [-0.05, 0) is 41.5 Å². The van der Waals surface area contributed by atoms with Crippen LogP contribution in [0.25, 0.3) is 10.4 Å². The zero-order valence-electron chi connectivity index (χ0n) is 15.1. The summed E-state index contributed by atoms with van der Waals surface area (Å²) in [6.45, 7) is 0.528. The molecule has 0 aliphatic carbocycles. The van der Waals surface area contributed by atoms with Crippen molar-refractivity contribution < 1.29 is 14.3 Å². The number of carbonyl (C=O) groups is 1. The molecule has 26 heavy (non-hydrogen) atoms. The summed E-state index contributed by atoms with van der Waals surface area (Å²) >= 11 is 1.56. The lowest BCUT2D eigenvalue weighted by Gasteiger charge is -2.17. The van der Waals surface area contributed by atoms with Crippen LogP contribution in [-0.2, 0) is 6.54 Å². The summed E-state index contributed by atoms with van der Waals surface area (Å²) in [7, 11) is 5.10. The molecule has 4 nitrogen and oxygen atoms in total. The third-order valence-corrected chi connectivity index (χ3v) is 5.08. The standard InChI is InChI=1S/C21H21NO3S/c1-22(13-15-6-4-8-18(10-15)24-2)21(23)17-12-20(26-14-17)16-7-5-9-19(11-16)25-3/h4-12,14H,13H2,1-3H3. The number of rotatable bonds is 6. The second kappa shape index (κ2) is 8.06. The highest BCUT2D eigenvalue weighted by Gasteiger charge is 2.15. The summed E-state index contributed by atoms with van der Waals surface area (Å²) in [6.07, 6.45) is 0. The molecule has 0 spiro atoms. The first kappa shape index (κ1) is 18.0. The molecule has 0 bridgehead atoms. The van der Waals surface area contributed by atoms with Crippen molar-refractivity contribution in [2.45, 2.75) is 6.54 Å². The second-order valence-electron chi connectivity index (χ2n) is 5.94. The molecule has 1 amide bonds. The highest BCUT2D eigenvalue weighted by Crippen LogP contribution is 2.30. The summed E-state index contributed by atoms with van der Waals surface area (Å²) in [5.41, 5.74) is 2.77. The van der Waals surface area contributed by atoms with Gasteiger partial charge in [-0.1, -0.05) is 24.3 Å². The fourth-order valence-electron chi connectivity index (χ4n) is 2.71. The number of thiophene rings is 1. The molecule has 3 aromatic rings. The van der Waals surface area contributed by atoms with Crippen molar-refractivity contribution in [1.29, 1.82) is 0 Å². The summed E-state index contributed by atoms with van der Waals surface area (Å²) in [5.74, 6) is 1.59. The summed E-state index contributed by atoms with van der Waals surface area (Å²) < 4.78 is 10.5. The van der Waals surface area contributed by atoms with E-state index in [-0.39, 0.29) is 5.91 Å². The van der Waals surface area contributed by atoms with E-state index in [0.717, 1.165) is 27.5 Å². The average Bonchev–Trinajstić information content (AvgIpc) is 3.17. The molecule has 1 heterocycles. The number of methoxy groups -OCH3 is 2. The van der Waals surface area contributed by atoms with Gasteiger partial charge in [-0.25, -0.2) is 0 Å². The van der Waals surface area contributed by atoms with Gasteiger partial charge in [0, 0.05) is 23.8 Å². The lowest BCUT2D eigenvalue weighted by molar-refractivity contribution is 0.0785. The van der Waals surface area contributed by atoms with E-state index in [1.54, 1.807) is 30.5 Å². The van der Waals surface area contributed by atoms with Gasteiger partial charge < -0.3 is 14.4 Å². The molecular formula is C21H21NO3S. The van der Waals surface area contributed by atoms with E-state index in [4.69, 9.17) is 9.47 Å². The minimum atomic E-state index is -0.00165. The molecular weight excluding hydrogens is 346 g/mol. The molecule has 2 aromatic carbocycles. The van der Waals surface area contributed by atoms with E-state index in [2.05, 4.69) is 0 Å². The van der Waals surface area contributed by atoms with Gasteiger partial charge >= 0.3 is 0 Å². The lowest BCUT2D eigenvalue weighted by atomic mass is 10.1. The maximum Gasteiger partial charge on any atom is 0.254 e. The van der Waals surface area contributed by atoms with Gasteiger partial charge in [0.2, 0.25) is 0 Å². The number of hydrogen-bond acceptors (Lipinski definition) is 4. The van der Waals surface area contributed by atoms with Gasteiger partial charge in [-0.15, -0.1) is 11.3 Å². The smallest absolute Gasteiger partial charge is 0.254 e. The zero-order valence-corrected chi connectivity index (χ0v) is 15.9. The van der Waals surface area contributed by atoms with Crippen molar-refractivity contribution >= 4 is 17.2 Å². The van der Waals surface area contributed by atoms with Crippen LogP contribution in [-0.4, -0.2) is 32.1 Å². The van der Waals surface area contributed by atoms with Gasteiger partial charge in [-0.3, -0.25) is 4.79 Å². The van der Waals surface area contributed by atoms with E-state index >= 15 is 0 Å². The van der Waals surface area contributed by atoms with Crippen molar-refractivity contribution in [3.05, 3.63) is 71.1 Å². The minimum absolute atomic E-state index is 0.00165. The van der Waals surface area contributed by atoms with Crippen LogP contribution >= 0.6 is 11.3 Å². The molecule has 134 valence electrons. The number of ether oxygens (including phenoxy) is 2. The summed E-state index contributed by atoms with van der Waals surface area (Å²) in [6, 6.07) is 17.5. The third-order valence-electron chi connectivity index (χ3n) is 4.10. The predicted octanol–water partition coefficient (Wildman–Crippen LogP) is 4.70. The zero-order chi connectivity index (χ0) is 18.5.